The molecule has 0 fully saturated rings. The Morgan fingerprint density at radius 1 is 1.33 bits per heavy atom. The van der Waals surface area contributed by atoms with E-state index in [2.05, 4.69) is 32.0 Å². The Morgan fingerprint density at radius 3 is 3.00 bits per heavy atom. The lowest BCUT2D eigenvalue weighted by Gasteiger charge is -2.00. The monoisotopic (exact) mass is 222 g/mol. The maximum absolute atomic E-state index is 4.19. The molecule has 0 atom stereocenters. The SMILES string of the molecule is Cc1cc(Br)cc2cncnc12. The largest absolute Gasteiger partial charge is 0.244 e. The molecule has 1 heterocycles. The number of halogens is 1. The van der Waals surface area contributed by atoms with Crippen LogP contribution >= 0.6 is 15.9 Å². The van der Waals surface area contributed by atoms with E-state index < -0.39 is 0 Å². The first-order valence-corrected chi connectivity index (χ1v) is 4.42. The third kappa shape index (κ3) is 1.20. The van der Waals surface area contributed by atoms with E-state index in [-0.39, 0.29) is 0 Å². The number of aromatic nitrogens is 2. The number of aryl methyl sites for hydroxylation is 1. The van der Waals surface area contributed by atoms with Gasteiger partial charge in [0.1, 0.15) is 6.33 Å². The van der Waals surface area contributed by atoms with Crippen LogP contribution in [0, 0.1) is 6.92 Å². The van der Waals surface area contributed by atoms with Crippen molar-refractivity contribution in [3.8, 4) is 0 Å². The average molecular weight is 223 g/mol. The lowest BCUT2D eigenvalue weighted by atomic mass is 10.1. The van der Waals surface area contributed by atoms with Crippen LogP contribution in [0.15, 0.2) is 29.1 Å². The molecule has 0 aliphatic rings. The second-order valence-electron chi connectivity index (χ2n) is 2.68. The zero-order valence-electron chi connectivity index (χ0n) is 6.58. The number of benzene rings is 1. The molecule has 0 radical (unpaired) electrons. The van der Waals surface area contributed by atoms with Crippen molar-refractivity contribution >= 4 is 26.8 Å². The van der Waals surface area contributed by atoms with E-state index in [1.807, 2.05) is 19.2 Å². The molecule has 0 saturated carbocycles. The van der Waals surface area contributed by atoms with Crippen LogP contribution in [0.1, 0.15) is 5.56 Å². The maximum Gasteiger partial charge on any atom is 0.116 e. The first-order valence-electron chi connectivity index (χ1n) is 3.63. The second-order valence-corrected chi connectivity index (χ2v) is 3.60. The molecule has 2 aromatic rings. The van der Waals surface area contributed by atoms with Gasteiger partial charge in [-0.1, -0.05) is 15.9 Å². The van der Waals surface area contributed by atoms with E-state index in [1.165, 1.54) is 5.56 Å². The number of nitrogens with zero attached hydrogens (tertiary/aromatic N) is 2. The van der Waals surface area contributed by atoms with Gasteiger partial charge in [0.15, 0.2) is 0 Å². The average Bonchev–Trinajstić information content (AvgIpc) is 2.04. The van der Waals surface area contributed by atoms with E-state index in [4.69, 9.17) is 0 Å². The molecule has 12 heavy (non-hydrogen) atoms. The van der Waals surface area contributed by atoms with Crippen LogP contribution in [0.2, 0.25) is 0 Å². The summed E-state index contributed by atoms with van der Waals surface area (Å²) in [5.74, 6) is 0. The minimum Gasteiger partial charge on any atom is -0.244 e. The van der Waals surface area contributed by atoms with Crippen molar-refractivity contribution in [3.05, 3.63) is 34.7 Å². The molecule has 0 saturated heterocycles. The first-order chi connectivity index (χ1) is 5.77. The fraction of sp³-hybridized carbons (Fsp3) is 0.111. The molecule has 1 aromatic heterocycles. The molecule has 2 nitrogen and oxygen atoms in total. The van der Waals surface area contributed by atoms with Crippen molar-refractivity contribution in [1.29, 1.82) is 0 Å². The number of hydrogen-bond acceptors (Lipinski definition) is 2. The van der Waals surface area contributed by atoms with Crippen LogP contribution in [-0.2, 0) is 0 Å². The molecular formula is C9H7BrN2. The molecular weight excluding hydrogens is 216 g/mol. The van der Waals surface area contributed by atoms with Gasteiger partial charge in [-0.3, -0.25) is 0 Å². The lowest BCUT2D eigenvalue weighted by Crippen LogP contribution is -1.84. The molecule has 0 aliphatic heterocycles. The van der Waals surface area contributed by atoms with Crippen LogP contribution in [-0.4, -0.2) is 9.97 Å². The number of rotatable bonds is 0. The third-order valence-corrected chi connectivity index (χ3v) is 2.22. The van der Waals surface area contributed by atoms with E-state index in [9.17, 15) is 0 Å². The van der Waals surface area contributed by atoms with Gasteiger partial charge in [0.25, 0.3) is 0 Å². The predicted molar refractivity (Wildman–Crippen MR) is 52.0 cm³/mol. The standard InChI is InChI=1S/C9H7BrN2/c1-6-2-8(10)3-7-4-11-5-12-9(6)7/h2-5H,1H3. The Morgan fingerprint density at radius 2 is 2.17 bits per heavy atom. The summed E-state index contributed by atoms with van der Waals surface area (Å²) in [6.07, 6.45) is 3.39. The van der Waals surface area contributed by atoms with Crippen molar-refractivity contribution in [1.82, 2.24) is 9.97 Å². The smallest absolute Gasteiger partial charge is 0.116 e. The summed E-state index contributed by atoms with van der Waals surface area (Å²) in [4.78, 5) is 8.15. The third-order valence-electron chi connectivity index (χ3n) is 1.76. The fourth-order valence-electron chi connectivity index (χ4n) is 1.24. The van der Waals surface area contributed by atoms with Crippen molar-refractivity contribution in [3.63, 3.8) is 0 Å². The van der Waals surface area contributed by atoms with Crippen LogP contribution in [0.25, 0.3) is 10.9 Å². The number of hydrogen-bond donors (Lipinski definition) is 0. The molecule has 0 amide bonds. The summed E-state index contributed by atoms with van der Waals surface area (Å²) in [5, 5.41) is 1.07. The summed E-state index contributed by atoms with van der Waals surface area (Å²) in [7, 11) is 0. The van der Waals surface area contributed by atoms with Gasteiger partial charge in [0.05, 0.1) is 5.52 Å². The van der Waals surface area contributed by atoms with Crippen molar-refractivity contribution < 1.29 is 0 Å². The lowest BCUT2D eigenvalue weighted by molar-refractivity contribution is 1.21. The summed E-state index contributed by atoms with van der Waals surface area (Å²) in [6, 6.07) is 4.07. The Hall–Kier alpha value is -0.960. The van der Waals surface area contributed by atoms with Crippen molar-refractivity contribution in [2.75, 3.05) is 0 Å². The normalized spacial score (nSPS) is 10.5. The van der Waals surface area contributed by atoms with E-state index >= 15 is 0 Å². The van der Waals surface area contributed by atoms with Gasteiger partial charge in [-0.05, 0) is 24.6 Å². The molecule has 0 spiro atoms. The van der Waals surface area contributed by atoms with Gasteiger partial charge in [0.2, 0.25) is 0 Å². The minimum atomic E-state index is 1.02. The quantitative estimate of drug-likeness (QED) is 0.686. The topological polar surface area (TPSA) is 25.8 Å². The summed E-state index contributed by atoms with van der Waals surface area (Å²) in [6.45, 7) is 2.04. The van der Waals surface area contributed by atoms with E-state index in [1.54, 1.807) is 6.33 Å². The van der Waals surface area contributed by atoms with Crippen LogP contribution in [0.4, 0.5) is 0 Å². The van der Waals surface area contributed by atoms with E-state index in [0.29, 0.717) is 0 Å². The molecule has 60 valence electrons. The van der Waals surface area contributed by atoms with Gasteiger partial charge in [0, 0.05) is 16.1 Å². The van der Waals surface area contributed by atoms with Gasteiger partial charge in [-0.15, -0.1) is 0 Å². The summed E-state index contributed by atoms with van der Waals surface area (Å²) < 4.78 is 1.07. The Kier molecular flexibility index (Phi) is 1.81. The highest BCUT2D eigenvalue weighted by molar-refractivity contribution is 9.10. The molecule has 0 bridgehead atoms. The van der Waals surface area contributed by atoms with Crippen LogP contribution in [0.3, 0.4) is 0 Å². The Labute approximate surface area is 78.8 Å². The van der Waals surface area contributed by atoms with Gasteiger partial charge in [-0.2, -0.15) is 0 Å². The molecule has 3 heteroatoms. The fourth-order valence-corrected chi connectivity index (χ4v) is 1.83. The van der Waals surface area contributed by atoms with Gasteiger partial charge in [-0.25, -0.2) is 9.97 Å². The summed E-state index contributed by atoms with van der Waals surface area (Å²) >= 11 is 3.43. The highest BCUT2D eigenvalue weighted by atomic mass is 79.9. The Bertz CT molecular complexity index is 426. The molecule has 0 aliphatic carbocycles. The van der Waals surface area contributed by atoms with Crippen LogP contribution in [0.5, 0.6) is 0 Å². The van der Waals surface area contributed by atoms with E-state index in [0.717, 1.165) is 15.4 Å². The predicted octanol–water partition coefficient (Wildman–Crippen LogP) is 2.70. The van der Waals surface area contributed by atoms with Crippen molar-refractivity contribution in [2.24, 2.45) is 0 Å². The highest BCUT2D eigenvalue weighted by Gasteiger charge is 1.98. The first kappa shape index (κ1) is 7.68. The summed E-state index contributed by atoms with van der Waals surface area (Å²) in [5.41, 5.74) is 2.19. The van der Waals surface area contributed by atoms with Gasteiger partial charge >= 0.3 is 0 Å². The zero-order chi connectivity index (χ0) is 8.55. The molecule has 1 aromatic carbocycles. The zero-order valence-corrected chi connectivity index (χ0v) is 8.17. The minimum absolute atomic E-state index is 1.02. The van der Waals surface area contributed by atoms with Crippen molar-refractivity contribution in [2.45, 2.75) is 6.92 Å². The Balaban J connectivity index is 2.89. The van der Waals surface area contributed by atoms with Crippen LogP contribution < -0.4 is 0 Å². The van der Waals surface area contributed by atoms with Gasteiger partial charge < -0.3 is 0 Å². The highest BCUT2D eigenvalue weighted by Crippen LogP contribution is 2.20. The maximum atomic E-state index is 4.19. The second kappa shape index (κ2) is 2.83. The molecule has 0 unspecified atom stereocenters. The molecule has 0 N–H and O–H groups in total. The number of fused-ring (bicyclic) bond motifs is 1. The molecule has 2 rings (SSSR count).